The van der Waals surface area contributed by atoms with Gasteiger partial charge in [0.15, 0.2) is 5.69 Å². The first-order valence-electron chi connectivity index (χ1n) is 4.99. The predicted molar refractivity (Wildman–Crippen MR) is 66.0 cm³/mol. The molecule has 0 aliphatic rings. The lowest BCUT2D eigenvalue weighted by molar-refractivity contribution is 0.0697. The first kappa shape index (κ1) is 12.2. The van der Waals surface area contributed by atoms with E-state index in [1.807, 2.05) is 0 Å². The Bertz CT molecular complexity index is 583. The summed E-state index contributed by atoms with van der Waals surface area (Å²) >= 11 is 0.927. The van der Waals surface area contributed by atoms with Crippen molar-refractivity contribution in [3.05, 3.63) is 41.7 Å². The molecule has 2 aromatic rings. The maximum absolute atomic E-state index is 12.0. The van der Waals surface area contributed by atoms with Crippen LogP contribution in [0, 0.1) is 0 Å². The Labute approximate surface area is 107 Å². The van der Waals surface area contributed by atoms with Crippen LogP contribution >= 0.6 is 11.7 Å². The van der Waals surface area contributed by atoms with Gasteiger partial charge in [-0.05, 0) is 12.1 Å². The summed E-state index contributed by atoms with van der Waals surface area (Å²) in [5.41, 5.74) is 0.585. The molecule has 1 heterocycles. The average molecular weight is 263 g/mol. The van der Waals surface area contributed by atoms with Gasteiger partial charge in [0.05, 0.1) is 29.2 Å². The van der Waals surface area contributed by atoms with Gasteiger partial charge in [-0.25, -0.2) is 4.79 Å². The molecule has 0 bridgehead atoms. The van der Waals surface area contributed by atoms with E-state index >= 15 is 0 Å². The molecule has 0 unspecified atom stereocenters. The molecule has 0 fully saturated rings. The van der Waals surface area contributed by atoms with Crippen molar-refractivity contribution in [2.24, 2.45) is 0 Å². The molecule has 0 saturated heterocycles. The number of anilines is 1. The second-order valence-electron chi connectivity index (χ2n) is 3.48. The molecular weight excluding hydrogens is 254 g/mol. The normalized spacial score (nSPS) is 10.1. The summed E-state index contributed by atoms with van der Waals surface area (Å²) < 4.78 is 7.57. The zero-order valence-corrected chi connectivity index (χ0v) is 10.2. The van der Waals surface area contributed by atoms with Gasteiger partial charge in [-0.15, -0.1) is 0 Å². The molecule has 0 spiro atoms. The molecule has 1 aromatic carbocycles. The highest BCUT2D eigenvalue weighted by Gasteiger charge is 2.20. The van der Waals surface area contributed by atoms with Gasteiger partial charge < -0.3 is 10.0 Å². The first-order valence-corrected chi connectivity index (χ1v) is 5.72. The molecule has 0 atom stereocenters. The third-order valence-corrected chi connectivity index (χ3v) is 2.86. The molecule has 0 radical (unpaired) electrons. The van der Waals surface area contributed by atoms with Crippen molar-refractivity contribution in [1.29, 1.82) is 0 Å². The summed E-state index contributed by atoms with van der Waals surface area (Å²) in [6.45, 7) is 0. The quantitative estimate of drug-likeness (QED) is 0.907. The monoisotopic (exact) mass is 263 g/mol. The summed E-state index contributed by atoms with van der Waals surface area (Å²) in [4.78, 5) is 24.3. The van der Waals surface area contributed by atoms with Gasteiger partial charge in [0.25, 0.3) is 5.91 Å². The van der Waals surface area contributed by atoms with Crippen LogP contribution in [-0.2, 0) is 0 Å². The number of carbonyl (C=O) groups is 2. The number of aromatic nitrogens is 2. The molecule has 7 heteroatoms. The van der Waals surface area contributed by atoms with E-state index < -0.39 is 11.9 Å². The molecule has 2 rings (SSSR count). The number of para-hydroxylation sites is 1. The highest BCUT2D eigenvalue weighted by molar-refractivity contribution is 6.99. The maximum Gasteiger partial charge on any atom is 0.337 e. The minimum absolute atomic E-state index is 0.0662. The molecule has 0 aliphatic heterocycles. The maximum atomic E-state index is 12.0. The zero-order valence-electron chi connectivity index (χ0n) is 9.40. The number of amides is 1. The standard InChI is InChI=1S/C11H9N3O3S/c1-14(10(15)8-6-12-18-13-8)9-5-3-2-4-7(9)11(16)17/h2-6H,1H3,(H,16,17). The molecule has 1 aromatic heterocycles. The van der Waals surface area contributed by atoms with Crippen LogP contribution < -0.4 is 4.90 Å². The lowest BCUT2D eigenvalue weighted by Gasteiger charge is -2.17. The molecule has 1 N–H and O–H groups in total. The van der Waals surface area contributed by atoms with E-state index in [4.69, 9.17) is 5.11 Å². The Kier molecular flexibility index (Phi) is 3.33. The van der Waals surface area contributed by atoms with Gasteiger partial charge in [-0.1, -0.05) is 12.1 Å². The minimum Gasteiger partial charge on any atom is -0.478 e. The van der Waals surface area contributed by atoms with Crippen LogP contribution in [0.15, 0.2) is 30.5 Å². The number of carboxylic acids is 1. The van der Waals surface area contributed by atoms with Gasteiger partial charge in [0, 0.05) is 7.05 Å². The fourth-order valence-electron chi connectivity index (χ4n) is 1.49. The van der Waals surface area contributed by atoms with Crippen molar-refractivity contribution in [3.63, 3.8) is 0 Å². The van der Waals surface area contributed by atoms with Crippen LogP contribution in [-0.4, -0.2) is 32.8 Å². The van der Waals surface area contributed by atoms with Gasteiger partial charge >= 0.3 is 5.97 Å². The van der Waals surface area contributed by atoms with Crippen LogP contribution in [0.5, 0.6) is 0 Å². The zero-order chi connectivity index (χ0) is 13.1. The third-order valence-electron chi connectivity index (χ3n) is 2.38. The minimum atomic E-state index is -1.08. The van der Waals surface area contributed by atoms with E-state index in [2.05, 4.69) is 8.75 Å². The fraction of sp³-hybridized carbons (Fsp3) is 0.0909. The number of carbonyl (C=O) groups excluding carboxylic acids is 1. The molecule has 18 heavy (non-hydrogen) atoms. The Morgan fingerprint density at radius 1 is 1.33 bits per heavy atom. The second kappa shape index (κ2) is 4.92. The lowest BCUT2D eigenvalue weighted by atomic mass is 10.1. The van der Waals surface area contributed by atoms with Crippen LogP contribution in [0.1, 0.15) is 20.8 Å². The molecule has 0 aliphatic carbocycles. The van der Waals surface area contributed by atoms with E-state index in [1.54, 1.807) is 18.2 Å². The Morgan fingerprint density at radius 3 is 2.67 bits per heavy atom. The summed E-state index contributed by atoms with van der Waals surface area (Å²) in [5.74, 6) is -1.47. The predicted octanol–water partition coefficient (Wildman–Crippen LogP) is 1.51. The summed E-state index contributed by atoms with van der Waals surface area (Å²) in [5, 5.41) is 9.06. The Balaban J connectivity index is 2.37. The molecule has 1 amide bonds. The summed E-state index contributed by atoms with van der Waals surface area (Å²) in [7, 11) is 1.50. The van der Waals surface area contributed by atoms with Gasteiger partial charge in [0.2, 0.25) is 0 Å². The molecule has 92 valence electrons. The van der Waals surface area contributed by atoms with E-state index in [0.717, 1.165) is 11.7 Å². The number of hydrogen-bond donors (Lipinski definition) is 1. The topological polar surface area (TPSA) is 83.4 Å². The van der Waals surface area contributed by atoms with Crippen LogP contribution in [0.3, 0.4) is 0 Å². The SMILES string of the molecule is CN(C(=O)c1cnsn1)c1ccccc1C(=O)O. The number of rotatable bonds is 3. The molecular formula is C11H9N3O3S. The van der Waals surface area contributed by atoms with Gasteiger partial charge in [0.1, 0.15) is 0 Å². The number of benzene rings is 1. The highest BCUT2D eigenvalue weighted by atomic mass is 32.1. The first-order chi connectivity index (χ1) is 8.61. The Morgan fingerprint density at radius 2 is 2.06 bits per heavy atom. The second-order valence-corrected chi connectivity index (χ2v) is 4.04. The van der Waals surface area contributed by atoms with E-state index in [9.17, 15) is 9.59 Å². The van der Waals surface area contributed by atoms with Gasteiger partial charge in [-0.2, -0.15) is 8.75 Å². The Hall–Kier alpha value is -2.28. The van der Waals surface area contributed by atoms with E-state index in [-0.39, 0.29) is 11.3 Å². The molecule has 0 saturated carbocycles. The van der Waals surface area contributed by atoms with Crippen LogP contribution in [0.4, 0.5) is 5.69 Å². The van der Waals surface area contributed by atoms with Crippen LogP contribution in [0.2, 0.25) is 0 Å². The van der Waals surface area contributed by atoms with Gasteiger partial charge in [-0.3, -0.25) is 4.79 Å². The smallest absolute Gasteiger partial charge is 0.337 e. The fourth-order valence-corrected chi connectivity index (χ4v) is 1.89. The average Bonchev–Trinajstić information content (AvgIpc) is 2.90. The summed E-state index contributed by atoms with van der Waals surface area (Å²) in [6.07, 6.45) is 1.35. The van der Waals surface area contributed by atoms with Crippen molar-refractivity contribution >= 4 is 29.3 Å². The number of aromatic carboxylic acids is 1. The van der Waals surface area contributed by atoms with E-state index in [0.29, 0.717) is 5.69 Å². The third kappa shape index (κ3) is 2.21. The summed E-state index contributed by atoms with van der Waals surface area (Å²) in [6, 6.07) is 6.29. The highest BCUT2D eigenvalue weighted by Crippen LogP contribution is 2.20. The van der Waals surface area contributed by atoms with Crippen molar-refractivity contribution < 1.29 is 14.7 Å². The number of hydrogen-bond acceptors (Lipinski definition) is 5. The van der Waals surface area contributed by atoms with Crippen LogP contribution in [0.25, 0.3) is 0 Å². The van der Waals surface area contributed by atoms with Crippen molar-refractivity contribution in [1.82, 2.24) is 8.75 Å². The lowest BCUT2D eigenvalue weighted by Crippen LogP contribution is -2.28. The van der Waals surface area contributed by atoms with Crippen molar-refractivity contribution in [2.75, 3.05) is 11.9 Å². The molecule has 6 nitrogen and oxygen atoms in total. The largest absolute Gasteiger partial charge is 0.478 e. The van der Waals surface area contributed by atoms with Crippen molar-refractivity contribution in [2.45, 2.75) is 0 Å². The van der Waals surface area contributed by atoms with Crippen molar-refractivity contribution in [3.8, 4) is 0 Å². The van der Waals surface area contributed by atoms with E-state index in [1.165, 1.54) is 24.2 Å². The number of nitrogens with zero attached hydrogens (tertiary/aromatic N) is 3. The number of carboxylic acid groups (broad SMARTS) is 1.